The number of aromatic nitrogens is 2. The molecule has 7 nitrogen and oxygen atoms in total. The number of carbonyl (C=O) groups excluding carboxylic acids is 1. The molecule has 3 heterocycles. The van der Waals surface area contributed by atoms with Crippen molar-refractivity contribution in [1.29, 1.82) is 0 Å². The van der Waals surface area contributed by atoms with Crippen LogP contribution in [0, 0.1) is 0 Å². The van der Waals surface area contributed by atoms with Gasteiger partial charge in [-0.1, -0.05) is 0 Å². The molecule has 1 aliphatic rings. The number of alkyl halides is 3. The summed E-state index contributed by atoms with van der Waals surface area (Å²) in [5.74, 6) is 0.00816. The number of phenolic OH excluding ortho intramolecular Hbond substituents is 1. The number of hydrogen-bond acceptors (Lipinski definition) is 7. The molecule has 0 radical (unpaired) electrons. The lowest BCUT2D eigenvalue weighted by Crippen LogP contribution is -2.47. The minimum absolute atomic E-state index is 0.0637. The number of halogens is 3. The highest BCUT2D eigenvalue weighted by Gasteiger charge is 2.32. The fraction of sp³-hybridized carbons (Fsp3) is 0.435. The molecular formula is C23H25F3N4O3S. The number of aromatic hydroxyl groups is 1. The highest BCUT2D eigenvalue weighted by atomic mass is 32.1. The SMILES string of the molecule is CC(C)(C)OC(=O)N1CCC[C@@H](Nc2nnc(-c3ccc(C(F)(F)F)cc3O)c3ccsc23)C1. The van der Waals surface area contributed by atoms with Crippen LogP contribution in [0.5, 0.6) is 5.75 Å². The first-order valence-electron chi connectivity index (χ1n) is 10.8. The topological polar surface area (TPSA) is 87.6 Å². The van der Waals surface area contributed by atoms with Gasteiger partial charge in [0.15, 0.2) is 5.82 Å². The molecule has 0 saturated carbocycles. The van der Waals surface area contributed by atoms with Crippen LogP contribution in [0.25, 0.3) is 21.3 Å². The number of likely N-dealkylation sites (tertiary alicyclic amines) is 1. The number of phenols is 1. The second-order valence-electron chi connectivity index (χ2n) is 9.20. The number of anilines is 1. The van der Waals surface area contributed by atoms with Crippen LogP contribution in [-0.2, 0) is 10.9 Å². The second kappa shape index (κ2) is 8.94. The van der Waals surface area contributed by atoms with Crippen LogP contribution in [0.3, 0.4) is 0 Å². The summed E-state index contributed by atoms with van der Waals surface area (Å²) in [4.78, 5) is 14.1. The highest BCUT2D eigenvalue weighted by molar-refractivity contribution is 7.17. The molecule has 11 heteroatoms. The zero-order valence-corrected chi connectivity index (χ0v) is 19.8. The van der Waals surface area contributed by atoms with Crippen molar-refractivity contribution in [3.05, 3.63) is 35.2 Å². The van der Waals surface area contributed by atoms with Gasteiger partial charge in [-0.15, -0.1) is 21.5 Å². The van der Waals surface area contributed by atoms with Gasteiger partial charge in [-0.3, -0.25) is 0 Å². The average Bonchev–Trinajstić information content (AvgIpc) is 3.23. The third-order valence-corrected chi connectivity index (χ3v) is 6.30. The summed E-state index contributed by atoms with van der Waals surface area (Å²) < 4.78 is 45.1. The first-order valence-corrected chi connectivity index (χ1v) is 11.7. The third-order valence-electron chi connectivity index (χ3n) is 5.38. The van der Waals surface area contributed by atoms with Crippen molar-refractivity contribution in [1.82, 2.24) is 15.1 Å². The number of carbonyl (C=O) groups is 1. The molecule has 2 aromatic heterocycles. The van der Waals surface area contributed by atoms with Crippen LogP contribution in [0.2, 0.25) is 0 Å². The second-order valence-corrected chi connectivity index (χ2v) is 10.1. The van der Waals surface area contributed by atoms with Gasteiger partial charge in [0.05, 0.1) is 10.3 Å². The van der Waals surface area contributed by atoms with Crippen molar-refractivity contribution in [3.63, 3.8) is 0 Å². The van der Waals surface area contributed by atoms with Gasteiger partial charge >= 0.3 is 12.3 Å². The summed E-state index contributed by atoms with van der Waals surface area (Å²) >= 11 is 1.41. The van der Waals surface area contributed by atoms with Gasteiger partial charge in [0, 0.05) is 30.1 Å². The predicted octanol–water partition coefficient (Wildman–Crippen LogP) is 5.89. The van der Waals surface area contributed by atoms with Crippen LogP contribution < -0.4 is 5.32 Å². The molecule has 0 bridgehead atoms. The van der Waals surface area contributed by atoms with Gasteiger partial charge < -0.3 is 20.1 Å². The molecule has 34 heavy (non-hydrogen) atoms. The lowest BCUT2D eigenvalue weighted by Gasteiger charge is -2.34. The lowest BCUT2D eigenvalue weighted by molar-refractivity contribution is -0.137. The van der Waals surface area contributed by atoms with Gasteiger partial charge in [-0.05, 0) is 63.3 Å². The number of ether oxygens (including phenoxy) is 1. The van der Waals surface area contributed by atoms with E-state index in [1.165, 1.54) is 17.4 Å². The Bertz CT molecular complexity index is 1210. The largest absolute Gasteiger partial charge is 0.507 e. The molecule has 0 unspecified atom stereocenters. The number of thiophene rings is 1. The predicted molar refractivity (Wildman–Crippen MR) is 124 cm³/mol. The maximum Gasteiger partial charge on any atom is 0.416 e. The number of nitrogens with zero attached hydrogens (tertiary/aromatic N) is 3. The zero-order chi connectivity index (χ0) is 24.7. The molecule has 3 aromatic rings. The summed E-state index contributed by atoms with van der Waals surface area (Å²) in [5.41, 5.74) is -1.05. The van der Waals surface area contributed by atoms with Gasteiger partial charge in [0.25, 0.3) is 0 Å². The molecule has 4 rings (SSSR count). The first-order chi connectivity index (χ1) is 15.9. The summed E-state index contributed by atoms with van der Waals surface area (Å²) in [6.45, 7) is 6.53. The van der Waals surface area contributed by atoms with E-state index in [9.17, 15) is 23.1 Å². The number of piperidine rings is 1. The molecule has 1 aliphatic heterocycles. The molecule has 1 fully saturated rings. The normalized spacial score (nSPS) is 17.1. The van der Waals surface area contributed by atoms with E-state index in [1.807, 2.05) is 26.2 Å². The minimum atomic E-state index is -4.56. The molecule has 1 amide bonds. The zero-order valence-electron chi connectivity index (χ0n) is 18.9. The summed E-state index contributed by atoms with van der Waals surface area (Å²) in [6, 6.07) is 4.53. The summed E-state index contributed by atoms with van der Waals surface area (Å²) in [6.07, 6.45) is -3.29. The quantitative estimate of drug-likeness (QED) is 0.472. The number of amides is 1. The van der Waals surface area contributed by atoms with Crippen molar-refractivity contribution in [2.75, 3.05) is 18.4 Å². The third kappa shape index (κ3) is 5.19. The van der Waals surface area contributed by atoms with Gasteiger partial charge in [-0.2, -0.15) is 13.2 Å². The van der Waals surface area contributed by atoms with E-state index in [0.717, 1.165) is 23.6 Å². The Balaban J connectivity index is 1.57. The number of nitrogens with one attached hydrogen (secondary N) is 1. The Hall–Kier alpha value is -3.08. The molecule has 0 spiro atoms. The molecule has 2 N–H and O–H groups in total. The minimum Gasteiger partial charge on any atom is -0.507 e. The fourth-order valence-electron chi connectivity index (χ4n) is 3.86. The van der Waals surface area contributed by atoms with Gasteiger partial charge in [0.2, 0.25) is 0 Å². The van der Waals surface area contributed by atoms with E-state index < -0.39 is 23.1 Å². The van der Waals surface area contributed by atoms with Crippen LogP contribution in [0.15, 0.2) is 29.6 Å². The van der Waals surface area contributed by atoms with Crippen molar-refractivity contribution in [3.8, 4) is 17.0 Å². The smallest absolute Gasteiger partial charge is 0.416 e. The highest BCUT2D eigenvalue weighted by Crippen LogP contribution is 2.40. The number of hydrogen-bond donors (Lipinski definition) is 2. The molecule has 182 valence electrons. The van der Waals surface area contributed by atoms with Crippen molar-refractivity contribution in [2.45, 2.75) is 51.4 Å². The van der Waals surface area contributed by atoms with E-state index in [2.05, 4.69) is 15.5 Å². The van der Waals surface area contributed by atoms with Gasteiger partial charge in [0.1, 0.15) is 17.0 Å². The Morgan fingerprint density at radius 1 is 1.24 bits per heavy atom. The molecule has 1 atom stereocenters. The van der Waals surface area contributed by atoms with Crippen LogP contribution in [0.4, 0.5) is 23.8 Å². The van der Waals surface area contributed by atoms with E-state index in [-0.39, 0.29) is 17.7 Å². The van der Waals surface area contributed by atoms with Crippen LogP contribution in [0.1, 0.15) is 39.2 Å². The standard InChI is InChI=1S/C23H25F3N4O3S/c1-22(2,3)33-21(32)30-9-4-5-14(12-30)27-20-19-16(8-10-34-19)18(28-29-20)15-7-6-13(11-17(15)31)23(24,25)26/h6-8,10-11,14,31H,4-5,9,12H2,1-3H3,(H,27,29)/t14-/m1/s1. The lowest BCUT2D eigenvalue weighted by atomic mass is 10.0. The van der Waals surface area contributed by atoms with Crippen molar-refractivity contribution >= 4 is 33.3 Å². The maximum absolute atomic E-state index is 13.0. The van der Waals surface area contributed by atoms with E-state index in [1.54, 1.807) is 11.0 Å². The van der Waals surface area contributed by atoms with Crippen molar-refractivity contribution < 1.29 is 27.8 Å². The number of fused-ring (bicyclic) bond motifs is 1. The first kappa shape index (κ1) is 24.1. The molecular weight excluding hydrogens is 469 g/mol. The van der Waals surface area contributed by atoms with E-state index in [4.69, 9.17) is 4.74 Å². The molecule has 1 aromatic carbocycles. The fourth-order valence-corrected chi connectivity index (χ4v) is 4.70. The summed E-state index contributed by atoms with van der Waals surface area (Å²) in [5, 5.41) is 24.6. The van der Waals surface area contributed by atoms with Crippen LogP contribution in [-0.4, -0.2) is 51.0 Å². The maximum atomic E-state index is 13.0. The molecule has 1 saturated heterocycles. The molecule has 0 aliphatic carbocycles. The summed E-state index contributed by atoms with van der Waals surface area (Å²) in [7, 11) is 0. The van der Waals surface area contributed by atoms with E-state index in [0.29, 0.717) is 36.1 Å². The van der Waals surface area contributed by atoms with Crippen LogP contribution >= 0.6 is 11.3 Å². The Morgan fingerprint density at radius 2 is 2.00 bits per heavy atom. The Morgan fingerprint density at radius 3 is 2.68 bits per heavy atom. The van der Waals surface area contributed by atoms with E-state index >= 15 is 0 Å². The average molecular weight is 495 g/mol. The Labute approximate surface area is 198 Å². The Kier molecular flexibility index (Phi) is 6.32. The monoisotopic (exact) mass is 494 g/mol. The van der Waals surface area contributed by atoms with Crippen molar-refractivity contribution in [2.24, 2.45) is 0 Å². The number of benzene rings is 1. The number of rotatable bonds is 3. The van der Waals surface area contributed by atoms with Gasteiger partial charge in [-0.25, -0.2) is 4.79 Å².